The Labute approximate surface area is 396 Å². The van der Waals surface area contributed by atoms with Gasteiger partial charge in [0.1, 0.15) is 0 Å². The highest BCUT2D eigenvalue weighted by Crippen LogP contribution is 2.30. The van der Waals surface area contributed by atoms with Crippen LogP contribution in [0.1, 0.15) is 103 Å². The lowest BCUT2D eigenvalue weighted by Gasteiger charge is -2.12. The predicted molar refractivity (Wildman–Crippen MR) is 259 cm³/mol. The average molecular weight is 951 g/mol. The summed E-state index contributed by atoms with van der Waals surface area (Å²) in [6, 6.07) is 38.8. The van der Waals surface area contributed by atoms with Crippen LogP contribution >= 0.6 is 35.3 Å². The highest BCUT2D eigenvalue weighted by atomic mass is 32.2. The fourth-order valence-electron chi connectivity index (χ4n) is 6.42. The second-order valence-electron chi connectivity index (χ2n) is 14.0. The molecule has 6 aromatic rings. The van der Waals surface area contributed by atoms with Gasteiger partial charge in [0.15, 0.2) is 0 Å². The molecule has 0 bridgehead atoms. The van der Waals surface area contributed by atoms with E-state index >= 15 is 0 Å². The summed E-state index contributed by atoms with van der Waals surface area (Å²) in [7, 11) is 2.50. The quantitative estimate of drug-likeness (QED) is 0.0559. The van der Waals surface area contributed by atoms with Crippen molar-refractivity contribution in [2.45, 2.75) is 60.1 Å². The molecule has 12 nitrogen and oxygen atoms in total. The molecule has 0 aliphatic rings. The summed E-state index contributed by atoms with van der Waals surface area (Å²) >= 11 is 4.55. The van der Waals surface area contributed by atoms with Crippen molar-refractivity contribution < 1.29 is 58.7 Å². The van der Waals surface area contributed by atoms with E-state index in [-0.39, 0.29) is 40.8 Å². The van der Waals surface area contributed by atoms with Crippen molar-refractivity contribution in [3.63, 3.8) is 0 Å². The third kappa shape index (κ3) is 15.4. The smallest absolute Gasteiger partial charge is 0.339 e. The number of ether oxygens (including phenoxy) is 2. The molecule has 0 amide bonds. The fourth-order valence-corrected chi connectivity index (χ4v) is 9.11. The van der Waals surface area contributed by atoms with Crippen molar-refractivity contribution in [1.82, 2.24) is 0 Å². The van der Waals surface area contributed by atoms with Gasteiger partial charge in [-0.05, 0) is 109 Å². The number of thioether (sulfide) groups is 3. The zero-order chi connectivity index (χ0) is 47.6. The molecule has 66 heavy (non-hydrogen) atoms. The molecule has 6 aromatic carbocycles. The lowest BCUT2D eigenvalue weighted by Crippen LogP contribution is -2.13. The van der Waals surface area contributed by atoms with Crippen LogP contribution in [0.5, 0.6) is 0 Å². The molecule has 344 valence electrons. The largest absolute Gasteiger partial charge is 0.478 e. The molecule has 4 N–H and O–H groups in total. The van der Waals surface area contributed by atoms with E-state index < -0.39 is 35.8 Å². The van der Waals surface area contributed by atoms with Gasteiger partial charge in [-0.3, -0.25) is 0 Å². The number of carbonyl (C=O) groups excluding carboxylic acids is 2. The van der Waals surface area contributed by atoms with Crippen LogP contribution in [0.2, 0.25) is 0 Å². The van der Waals surface area contributed by atoms with Crippen LogP contribution in [0.25, 0.3) is 0 Å². The number of aryl methyl sites for hydroxylation is 3. The third-order valence-electron chi connectivity index (χ3n) is 9.19. The number of aromatic carboxylic acids is 4. The van der Waals surface area contributed by atoms with Crippen molar-refractivity contribution in [1.29, 1.82) is 0 Å². The Kier molecular flexibility index (Phi) is 21.3. The summed E-state index contributed by atoms with van der Waals surface area (Å²) in [6.45, 7) is 5.40. The number of hydrogen-bond donors (Lipinski definition) is 4. The number of carboxylic acids is 4. The molecule has 15 heteroatoms. The van der Waals surface area contributed by atoms with E-state index in [1.165, 1.54) is 49.9 Å². The predicted octanol–water partition coefficient (Wildman–Crippen LogP) is 11.9. The first-order valence-corrected chi connectivity index (χ1v) is 22.5. The minimum Gasteiger partial charge on any atom is -0.478 e. The number of methoxy groups -OCH3 is 2. The molecule has 0 aliphatic heterocycles. The van der Waals surface area contributed by atoms with E-state index in [4.69, 9.17) is 9.47 Å². The van der Waals surface area contributed by atoms with Gasteiger partial charge in [0.05, 0.1) is 47.6 Å². The molecular formula is C51H50O12S3. The summed E-state index contributed by atoms with van der Waals surface area (Å²) in [5.41, 5.74) is 4.10. The molecular weight excluding hydrogens is 901 g/mol. The Morgan fingerprint density at radius 1 is 0.409 bits per heavy atom. The van der Waals surface area contributed by atoms with Gasteiger partial charge in [0, 0.05) is 31.9 Å². The Balaban J connectivity index is 0.000000261. The van der Waals surface area contributed by atoms with E-state index in [2.05, 4.69) is 0 Å². The highest BCUT2D eigenvalue weighted by molar-refractivity contribution is 7.99. The van der Waals surface area contributed by atoms with Crippen LogP contribution in [0.15, 0.2) is 142 Å². The third-order valence-corrected chi connectivity index (χ3v) is 12.4. The van der Waals surface area contributed by atoms with Gasteiger partial charge < -0.3 is 29.9 Å². The van der Waals surface area contributed by atoms with Crippen LogP contribution in [0.4, 0.5) is 0 Å². The number of benzene rings is 6. The van der Waals surface area contributed by atoms with Gasteiger partial charge in [-0.25, -0.2) is 28.8 Å². The first kappa shape index (κ1) is 53.5. The lowest BCUT2D eigenvalue weighted by molar-refractivity contribution is 0.0579. The Morgan fingerprint density at radius 3 is 1.00 bits per heavy atom. The maximum absolute atomic E-state index is 12.0. The number of esters is 2. The van der Waals surface area contributed by atoms with Crippen molar-refractivity contribution in [3.05, 3.63) is 194 Å². The van der Waals surface area contributed by atoms with Crippen LogP contribution in [-0.2, 0) is 26.7 Å². The Hall–Kier alpha value is -6.81. The van der Waals surface area contributed by atoms with Crippen LogP contribution in [0, 0.1) is 20.8 Å². The molecule has 0 aromatic heterocycles. The normalized spacial score (nSPS) is 10.1. The van der Waals surface area contributed by atoms with Gasteiger partial charge >= 0.3 is 35.8 Å². The molecule has 0 unspecified atom stereocenters. The number of carbonyl (C=O) groups is 6. The van der Waals surface area contributed by atoms with Crippen molar-refractivity contribution in [3.8, 4) is 0 Å². The molecule has 0 atom stereocenters. The standard InChI is InChI=1S/2C17H16O4S.C16H14O4S.CH4/c1-11-8-12(10-22-13-6-4-3-5-7-13)15(16(18)19)14(9-11)17(20)21-2;1-11-8-12(10-22-13-6-4-3-5-7-13)15(17(20)21-2)14(9-11)16(18)19;1-10-7-11(9-21-12-5-3-2-4-6-12)14(16(19)20)13(8-10)15(17)18;/h2*3-9H,10H2,1-2H3,(H,18,19);2-8H,9H2,1H3,(H,17,18)(H,19,20);1H4. The fraction of sp³-hybridized carbons (Fsp3) is 0.176. The van der Waals surface area contributed by atoms with Crippen molar-refractivity contribution in [2.24, 2.45) is 0 Å². The lowest BCUT2D eigenvalue weighted by atomic mass is 9.99. The Bertz CT molecular complexity index is 2650. The van der Waals surface area contributed by atoms with Crippen LogP contribution in [-0.4, -0.2) is 70.5 Å². The zero-order valence-electron chi connectivity index (χ0n) is 36.0. The van der Waals surface area contributed by atoms with E-state index in [1.54, 1.807) is 36.9 Å². The Morgan fingerprint density at radius 2 is 0.697 bits per heavy atom. The van der Waals surface area contributed by atoms with Crippen LogP contribution < -0.4 is 0 Å². The first-order valence-electron chi connectivity index (χ1n) is 19.6. The minimum atomic E-state index is -1.22. The molecule has 0 radical (unpaired) electrons. The number of hydrogen-bond acceptors (Lipinski definition) is 11. The second kappa shape index (κ2) is 26.2. The van der Waals surface area contributed by atoms with Crippen molar-refractivity contribution in [2.75, 3.05) is 14.2 Å². The van der Waals surface area contributed by atoms with Gasteiger partial charge in [-0.1, -0.05) is 80.2 Å². The summed E-state index contributed by atoms with van der Waals surface area (Å²) in [4.78, 5) is 72.5. The molecule has 0 saturated carbocycles. The van der Waals surface area contributed by atoms with E-state index in [0.29, 0.717) is 33.9 Å². The summed E-state index contributed by atoms with van der Waals surface area (Å²) < 4.78 is 9.44. The molecule has 0 aliphatic carbocycles. The summed E-state index contributed by atoms with van der Waals surface area (Å²) in [5, 5.41) is 37.3. The topological polar surface area (TPSA) is 202 Å². The zero-order valence-corrected chi connectivity index (χ0v) is 38.5. The maximum Gasteiger partial charge on any atom is 0.339 e. The van der Waals surface area contributed by atoms with E-state index in [0.717, 1.165) is 31.4 Å². The monoisotopic (exact) mass is 950 g/mol. The SMILES string of the molecule is C.COC(=O)c1c(CSc2ccccc2)cc(C)cc1C(=O)O.COC(=O)c1cc(C)cc(CSc2ccccc2)c1C(=O)O.Cc1cc(CSc2ccccc2)c(C(=O)O)c(C(=O)O)c1. The van der Waals surface area contributed by atoms with Gasteiger partial charge in [0.25, 0.3) is 0 Å². The highest BCUT2D eigenvalue weighted by Gasteiger charge is 2.24. The van der Waals surface area contributed by atoms with Crippen molar-refractivity contribution >= 4 is 71.1 Å². The molecule has 0 saturated heterocycles. The molecule has 0 fully saturated rings. The van der Waals surface area contributed by atoms with E-state index in [1.807, 2.05) is 111 Å². The summed E-state index contributed by atoms with van der Waals surface area (Å²) in [6.07, 6.45) is 0. The van der Waals surface area contributed by atoms with E-state index in [9.17, 15) is 49.2 Å². The van der Waals surface area contributed by atoms with Gasteiger partial charge in [-0.2, -0.15) is 0 Å². The molecule has 0 spiro atoms. The van der Waals surface area contributed by atoms with Gasteiger partial charge in [-0.15, -0.1) is 35.3 Å². The maximum atomic E-state index is 12.0. The minimum absolute atomic E-state index is 0. The first-order chi connectivity index (χ1) is 31.0. The second-order valence-corrected chi connectivity index (χ2v) is 17.2. The molecule has 0 heterocycles. The molecule has 6 rings (SSSR count). The number of carboxylic acid groups (broad SMARTS) is 4. The average Bonchev–Trinajstić information content (AvgIpc) is 3.29. The van der Waals surface area contributed by atoms with Crippen LogP contribution in [0.3, 0.4) is 0 Å². The number of rotatable bonds is 15. The summed E-state index contributed by atoms with van der Waals surface area (Å²) in [5.74, 6) is -4.56. The van der Waals surface area contributed by atoms with Gasteiger partial charge in [0.2, 0.25) is 0 Å².